The number of pyridine rings is 2. The molecule has 3 N–H and O–H groups in total. The second-order valence-electron chi connectivity index (χ2n) is 8.28. The molecule has 0 radical (unpaired) electrons. The SMILES string of the molecule is COc1cc(F)cc(-c2ccnc3nc(-c4[nH]nc5ncc(C6CCNCC6)cc45)[nH]c23)c1. The van der Waals surface area contributed by atoms with Gasteiger partial charge >= 0.3 is 0 Å². The minimum Gasteiger partial charge on any atom is -0.497 e. The highest BCUT2D eigenvalue weighted by Crippen LogP contribution is 2.33. The molecule has 0 spiro atoms. The van der Waals surface area contributed by atoms with Crippen LogP contribution in [0.25, 0.3) is 44.8 Å². The molecule has 1 fully saturated rings. The zero-order valence-corrected chi connectivity index (χ0v) is 18.0. The van der Waals surface area contributed by atoms with E-state index in [-0.39, 0.29) is 5.82 Å². The number of hydrogen-bond acceptors (Lipinski definition) is 6. The summed E-state index contributed by atoms with van der Waals surface area (Å²) in [5.41, 5.74) is 5.34. The Balaban J connectivity index is 1.46. The highest BCUT2D eigenvalue weighted by Gasteiger charge is 2.20. The van der Waals surface area contributed by atoms with Crippen LogP contribution in [0.2, 0.25) is 0 Å². The summed E-state index contributed by atoms with van der Waals surface area (Å²) in [6.07, 6.45) is 5.78. The Kier molecular flexibility index (Phi) is 4.76. The van der Waals surface area contributed by atoms with Crippen LogP contribution in [0.15, 0.2) is 42.7 Å². The van der Waals surface area contributed by atoms with Crippen molar-refractivity contribution in [3.63, 3.8) is 0 Å². The van der Waals surface area contributed by atoms with Crippen LogP contribution in [-0.2, 0) is 0 Å². The van der Waals surface area contributed by atoms with Crippen molar-refractivity contribution in [2.45, 2.75) is 18.8 Å². The number of aromatic nitrogens is 6. The molecule has 0 unspecified atom stereocenters. The van der Waals surface area contributed by atoms with Gasteiger partial charge in [-0.05, 0) is 67.2 Å². The number of H-pyrrole nitrogens is 2. The Hall–Kier alpha value is -3.85. The lowest BCUT2D eigenvalue weighted by molar-refractivity contribution is 0.411. The van der Waals surface area contributed by atoms with Crippen molar-refractivity contribution in [1.29, 1.82) is 0 Å². The summed E-state index contributed by atoms with van der Waals surface area (Å²) >= 11 is 0. The maximum Gasteiger partial charge on any atom is 0.181 e. The van der Waals surface area contributed by atoms with Gasteiger partial charge in [0, 0.05) is 24.0 Å². The predicted octanol–water partition coefficient (Wildman–Crippen LogP) is 4.18. The molecule has 166 valence electrons. The third-order valence-electron chi connectivity index (χ3n) is 6.29. The quantitative estimate of drug-likeness (QED) is 0.385. The van der Waals surface area contributed by atoms with E-state index in [4.69, 9.17) is 9.72 Å². The average molecular weight is 443 g/mol. The van der Waals surface area contributed by atoms with E-state index in [9.17, 15) is 4.39 Å². The van der Waals surface area contributed by atoms with E-state index in [1.165, 1.54) is 24.8 Å². The number of ether oxygens (including phenoxy) is 1. The maximum absolute atomic E-state index is 14.1. The lowest BCUT2D eigenvalue weighted by atomic mass is 9.91. The zero-order chi connectivity index (χ0) is 22.4. The fourth-order valence-corrected chi connectivity index (χ4v) is 4.58. The van der Waals surface area contributed by atoms with Crippen molar-refractivity contribution >= 4 is 22.2 Å². The summed E-state index contributed by atoms with van der Waals surface area (Å²) in [6, 6.07) is 8.61. The monoisotopic (exact) mass is 443 g/mol. The van der Waals surface area contributed by atoms with Gasteiger partial charge in [0.25, 0.3) is 0 Å². The summed E-state index contributed by atoms with van der Waals surface area (Å²) in [5, 5.41) is 11.8. The molecule has 1 aliphatic heterocycles. The molecule has 1 aliphatic rings. The first-order valence-corrected chi connectivity index (χ1v) is 10.9. The Labute approximate surface area is 188 Å². The number of imidazole rings is 1. The van der Waals surface area contributed by atoms with Crippen LogP contribution in [0.5, 0.6) is 5.75 Å². The zero-order valence-electron chi connectivity index (χ0n) is 18.0. The fourth-order valence-electron chi connectivity index (χ4n) is 4.58. The van der Waals surface area contributed by atoms with Crippen LogP contribution < -0.4 is 10.1 Å². The predicted molar refractivity (Wildman–Crippen MR) is 124 cm³/mol. The van der Waals surface area contributed by atoms with Crippen LogP contribution in [-0.4, -0.2) is 50.3 Å². The van der Waals surface area contributed by atoms with Crippen molar-refractivity contribution in [2.24, 2.45) is 0 Å². The molecule has 0 atom stereocenters. The van der Waals surface area contributed by atoms with Gasteiger partial charge in [-0.15, -0.1) is 0 Å². The molecule has 33 heavy (non-hydrogen) atoms. The van der Waals surface area contributed by atoms with E-state index in [0.717, 1.165) is 42.6 Å². The standard InChI is InChI=1S/C24H22FN7O/c1-33-17-9-14(8-16(25)11-17)18-4-7-27-23-20(18)29-24(30-23)21-19-10-15(12-28-22(19)32-31-21)13-2-5-26-6-3-13/h4,7-13,26H,2-3,5-6H2,1H3,(H,27,29,30)(H,28,31,32). The van der Waals surface area contributed by atoms with Crippen LogP contribution in [0.4, 0.5) is 4.39 Å². The van der Waals surface area contributed by atoms with E-state index in [0.29, 0.717) is 39.9 Å². The largest absolute Gasteiger partial charge is 0.497 e. The number of methoxy groups -OCH3 is 1. The number of halogens is 1. The molecule has 5 aromatic rings. The van der Waals surface area contributed by atoms with Gasteiger partial charge in [0.1, 0.15) is 17.3 Å². The molecule has 1 aromatic carbocycles. The van der Waals surface area contributed by atoms with Crippen molar-refractivity contribution in [3.8, 4) is 28.4 Å². The summed E-state index contributed by atoms with van der Waals surface area (Å²) in [7, 11) is 1.52. The Morgan fingerprint density at radius 2 is 1.94 bits per heavy atom. The van der Waals surface area contributed by atoms with Crippen molar-refractivity contribution in [1.82, 2.24) is 35.5 Å². The number of nitrogens with zero attached hydrogens (tertiary/aromatic N) is 4. The number of fused-ring (bicyclic) bond motifs is 2. The Bertz CT molecular complexity index is 1470. The van der Waals surface area contributed by atoms with E-state index >= 15 is 0 Å². The molecule has 0 bridgehead atoms. The normalized spacial score (nSPS) is 14.8. The molecule has 0 saturated carbocycles. The van der Waals surface area contributed by atoms with E-state index in [1.54, 1.807) is 12.3 Å². The number of benzene rings is 1. The van der Waals surface area contributed by atoms with Crippen LogP contribution in [0, 0.1) is 5.82 Å². The highest BCUT2D eigenvalue weighted by molar-refractivity contribution is 5.95. The topological polar surface area (TPSA) is 104 Å². The van der Waals surface area contributed by atoms with Crippen LogP contribution in [0.1, 0.15) is 24.3 Å². The average Bonchev–Trinajstić information content (AvgIpc) is 3.47. The molecule has 0 amide bonds. The first-order valence-electron chi connectivity index (χ1n) is 10.9. The first-order chi connectivity index (χ1) is 16.2. The minimum absolute atomic E-state index is 0.370. The molecule has 1 saturated heterocycles. The van der Waals surface area contributed by atoms with Crippen molar-refractivity contribution in [3.05, 3.63) is 54.1 Å². The lowest BCUT2D eigenvalue weighted by Gasteiger charge is -2.22. The van der Waals surface area contributed by atoms with Crippen molar-refractivity contribution < 1.29 is 9.13 Å². The second-order valence-corrected chi connectivity index (χ2v) is 8.28. The molecule has 4 aromatic heterocycles. The van der Waals surface area contributed by atoms with E-state index in [1.807, 2.05) is 12.3 Å². The third kappa shape index (κ3) is 3.50. The molecule has 5 heterocycles. The summed E-state index contributed by atoms with van der Waals surface area (Å²) in [4.78, 5) is 17.0. The number of piperidine rings is 1. The van der Waals surface area contributed by atoms with Gasteiger partial charge in [-0.3, -0.25) is 5.10 Å². The molecule has 9 heteroatoms. The van der Waals surface area contributed by atoms with Gasteiger partial charge in [-0.25, -0.2) is 19.3 Å². The lowest BCUT2D eigenvalue weighted by Crippen LogP contribution is -2.26. The van der Waals surface area contributed by atoms with Crippen LogP contribution >= 0.6 is 0 Å². The van der Waals surface area contributed by atoms with E-state index in [2.05, 4.69) is 36.5 Å². The van der Waals surface area contributed by atoms with Gasteiger partial charge in [0.05, 0.1) is 18.0 Å². The Morgan fingerprint density at radius 3 is 2.79 bits per heavy atom. The van der Waals surface area contributed by atoms with Gasteiger partial charge in [0.15, 0.2) is 17.1 Å². The molecule has 0 aliphatic carbocycles. The number of aromatic amines is 2. The van der Waals surface area contributed by atoms with Gasteiger partial charge < -0.3 is 15.0 Å². The second kappa shape index (κ2) is 7.93. The molecule has 8 nitrogen and oxygen atoms in total. The van der Waals surface area contributed by atoms with E-state index < -0.39 is 0 Å². The van der Waals surface area contributed by atoms with Gasteiger partial charge in [-0.2, -0.15) is 5.10 Å². The maximum atomic E-state index is 14.1. The minimum atomic E-state index is -0.370. The van der Waals surface area contributed by atoms with Crippen molar-refractivity contribution in [2.75, 3.05) is 20.2 Å². The van der Waals surface area contributed by atoms with Gasteiger partial charge in [0.2, 0.25) is 0 Å². The number of rotatable bonds is 4. The Morgan fingerprint density at radius 1 is 1.06 bits per heavy atom. The first kappa shape index (κ1) is 19.8. The highest BCUT2D eigenvalue weighted by atomic mass is 19.1. The molecule has 6 rings (SSSR count). The summed E-state index contributed by atoms with van der Waals surface area (Å²) < 4.78 is 19.4. The molecular weight excluding hydrogens is 421 g/mol. The fraction of sp³-hybridized carbons (Fsp3) is 0.250. The smallest absolute Gasteiger partial charge is 0.181 e. The number of nitrogens with one attached hydrogen (secondary N) is 3. The number of hydrogen-bond donors (Lipinski definition) is 3. The summed E-state index contributed by atoms with van der Waals surface area (Å²) in [5.74, 6) is 1.17. The summed E-state index contributed by atoms with van der Waals surface area (Å²) in [6.45, 7) is 2.04. The van der Waals surface area contributed by atoms with Gasteiger partial charge in [-0.1, -0.05) is 0 Å². The van der Waals surface area contributed by atoms with Crippen LogP contribution in [0.3, 0.4) is 0 Å². The molecular formula is C24H22FN7O. The third-order valence-corrected chi connectivity index (χ3v) is 6.29.